The van der Waals surface area contributed by atoms with Crippen molar-refractivity contribution in [2.45, 2.75) is 44.8 Å². The summed E-state index contributed by atoms with van der Waals surface area (Å²) in [6.45, 7) is 3.25. The van der Waals surface area contributed by atoms with Crippen molar-refractivity contribution in [1.29, 1.82) is 0 Å². The van der Waals surface area contributed by atoms with E-state index in [0.29, 0.717) is 12.8 Å². The molecule has 0 spiro atoms. The quantitative estimate of drug-likeness (QED) is 0.247. The summed E-state index contributed by atoms with van der Waals surface area (Å²) in [5.41, 5.74) is 6.89. The Morgan fingerprint density at radius 2 is 1.73 bits per heavy atom. The van der Waals surface area contributed by atoms with Gasteiger partial charge < -0.3 is 26.8 Å². The van der Waals surface area contributed by atoms with Crippen LogP contribution in [-0.4, -0.2) is 59.2 Å². The van der Waals surface area contributed by atoms with Crippen LogP contribution in [0.2, 0.25) is 0 Å². The minimum Gasteiger partial charge on any atom is -0.480 e. The van der Waals surface area contributed by atoms with Gasteiger partial charge in [-0.2, -0.15) is 12.6 Å². The van der Waals surface area contributed by atoms with E-state index in [-0.39, 0.29) is 11.7 Å². The van der Waals surface area contributed by atoms with Gasteiger partial charge in [0.2, 0.25) is 17.7 Å². The number of carbonyl (C=O) groups excluding carboxylic acids is 3. The highest BCUT2D eigenvalue weighted by atomic mass is 32.1. The molecule has 0 bridgehead atoms. The van der Waals surface area contributed by atoms with Crippen LogP contribution in [-0.2, 0) is 25.6 Å². The Bertz CT molecular complexity index is 731. The minimum absolute atomic E-state index is 0.0835. The van der Waals surface area contributed by atoms with Crippen LogP contribution in [0.5, 0.6) is 0 Å². The standard InChI is InChI=1S/C20H30N4O5S/c1-3-12(2)17(19(27)22-10-16(25)23-15(11-30)20(28)29)24-18(26)14(21)9-13-7-5-4-6-8-13/h4-8,12,14-15,17,30H,3,9-11,21H2,1-2H3,(H,22,27)(H,23,25)(H,24,26)(H,28,29). The summed E-state index contributed by atoms with van der Waals surface area (Å²) in [5, 5.41) is 16.3. The Kier molecular flexibility index (Phi) is 10.9. The lowest BCUT2D eigenvalue weighted by Gasteiger charge is -2.25. The van der Waals surface area contributed by atoms with E-state index < -0.39 is 48.4 Å². The molecule has 4 unspecified atom stereocenters. The summed E-state index contributed by atoms with van der Waals surface area (Å²) in [7, 11) is 0. The number of hydrogen-bond donors (Lipinski definition) is 6. The lowest BCUT2D eigenvalue weighted by atomic mass is 9.97. The van der Waals surface area contributed by atoms with E-state index in [1.165, 1.54) is 0 Å². The zero-order valence-corrected chi connectivity index (χ0v) is 18.0. The molecule has 1 rings (SSSR count). The molecular formula is C20H30N4O5S. The molecule has 0 aliphatic carbocycles. The minimum atomic E-state index is -1.22. The topological polar surface area (TPSA) is 151 Å². The number of carboxylic acids is 1. The van der Waals surface area contributed by atoms with Crippen LogP contribution in [0, 0.1) is 5.92 Å². The van der Waals surface area contributed by atoms with Gasteiger partial charge >= 0.3 is 5.97 Å². The first-order valence-electron chi connectivity index (χ1n) is 9.70. The predicted octanol–water partition coefficient (Wildman–Crippen LogP) is -0.297. The molecule has 0 aromatic heterocycles. The molecule has 9 nitrogen and oxygen atoms in total. The number of benzene rings is 1. The molecule has 10 heteroatoms. The molecule has 0 saturated heterocycles. The zero-order valence-electron chi connectivity index (χ0n) is 17.1. The fraction of sp³-hybridized carbons (Fsp3) is 0.500. The van der Waals surface area contributed by atoms with E-state index in [0.717, 1.165) is 5.56 Å². The van der Waals surface area contributed by atoms with Gasteiger partial charge in [-0.25, -0.2) is 4.79 Å². The van der Waals surface area contributed by atoms with Gasteiger partial charge in [-0.3, -0.25) is 14.4 Å². The normalized spacial score (nSPS) is 14.7. The Labute approximate surface area is 181 Å². The SMILES string of the molecule is CCC(C)C(NC(=O)C(N)Cc1ccccc1)C(=O)NCC(=O)NC(CS)C(=O)O. The third kappa shape index (κ3) is 8.42. The first-order chi connectivity index (χ1) is 14.2. The Morgan fingerprint density at radius 1 is 1.10 bits per heavy atom. The smallest absolute Gasteiger partial charge is 0.327 e. The van der Waals surface area contributed by atoms with Crippen molar-refractivity contribution in [2.75, 3.05) is 12.3 Å². The van der Waals surface area contributed by atoms with Gasteiger partial charge in [-0.05, 0) is 17.9 Å². The molecule has 0 aliphatic heterocycles. The molecule has 0 fully saturated rings. The number of hydrogen-bond acceptors (Lipinski definition) is 6. The van der Waals surface area contributed by atoms with Crippen LogP contribution in [0.1, 0.15) is 25.8 Å². The third-order valence-electron chi connectivity index (χ3n) is 4.67. The number of amides is 3. The summed E-state index contributed by atoms with van der Waals surface area (Å²) < 4.78 is 0. The maximum atomic E-state index is 12.6. The molecule has 166 valence electrons. The van der Waals surface area contributed by atoms with Gasteiger partial charge in [0.1, 0.15) is 12.1 Å². The van der Waals surface area contributed by atoms with Crippen LogP contribution >= 0.6 is 12.6 Å². The second kappa shape index (κ2) is 12.9. The van der Waals surface area contributed by atoms with E-state index in [1.807, 2.05) is 37.3 Å². The van der Waals surface area contributed by atoms with E-state index in [1.54, 1.807) is 6.92 Å². The monoisotopic (exact) mass is 438 g/mol. The van der Waals surface area contributed by atoms with Gasteiger partial charge in [0.15, 0.2) is 0 Å². The van der Waals surface area contributed by atoms with E-state index in [2.05, 4.69) is 28.6 Å². The molecule has 1 aromatic carbocycles. The number of nitrogens with two attached hydrogens (primary N) is 1. The second-order valence-corrected chi connectivity index (χ2v) is 7.39. The Hall–Kier alpha value is -2.59. The maximum absolute atomic E-state index is 12.6. The molecule has 1 aromatic rings. The molecule has 0 aliphatic rings. The van der Waals surface area contributed by atoms with Crippen molar-refractivity contribution >= 4 is 36.3 Å². The molecule has 0 heterocycles. The van der Waals surface area contributed by atoms with Crippen molar-refractivity contribution < 1.29 is 24.3 Å². The van der Waals surface area contributed by atoms with E-state index >= 15 is 0 Å². The first kappa shape index (κ1) is 25.4. The number of carboxylic acid groups (broad SMARTS) is 1. The number of aliphatic carboxylic acids is 1. The number of thiol groups is 1. The lowest BCUT2D eigenvalue weighted by molar-refractivity contribution is -0.141. The van der Waals surface area contributed by atoms with Crippen molar-refractivity contribution in [1.82, 2.24) is 16.0 Å². The van der Waals surface area contributed by atoms with E-state index in [4.69, 9.17) is 10.8 Å². The van der Waals surface area contributed by atoms with Gasteiger partial charge in [0, 0.05) is 5.75 Å². The average Bonchev–Trinajstić information content (AvgIpc) is 2.73. The summed E-state index contributed by atoms with van der Waals surface area (Å²) in [6, 6.07) is 6.42. The number of rotatable bonds is 12. The Morgan fingerprint density at radius 3 is 2.27 bits per heavy atom. The molecule has 6 N–H and O–H groups in total. The van der Waals surface area contributed by atoms with Gasteiger partial charge in [-0.15, -0.1) is 0 Å². The highest BCUT2D eigenvalue weighted by molar-refractivity contribution is 7.80. The maximum Gasteiger partial charge on any atom is 0.327 e. The third-order valence-corrected chi connectivity index (χ3v) is 5.03. The molecule has 4 atom stereocenters. The lowest BCUT2D eigenvalue weighted by Crippen LogP contribution is -2.56. The highest BCUT2D eigenvalue weighted by Gasteiger charge is 2.28. The number of carbonyl (C=O) groups is 4. The van der Waals surface area contributed by atoms with Crippen molar-refractivity contribution in [3.63, 3.8) is 0 Å². The second-order valence-electron chi connectivity index (χ2n) is 7.03. The van der Waals surface area contributed by atoms with Crippen LogP contribution in [0.15, 0.2) is 30.3 Å². The summed E-state index contributed by atoms with van der Waals surface area (Å²) in [4.78, 5) is 47.9. The molecule has 30 heavy (non-hydrogen) atoms. The van der Waals surface area contributed by atoms with Crippen LogP contribution in [0.25, 0.3) is 0 Å². The van der Waals surface area contributed by atoms with Gasteiger partial charge in [-0.1, -0.05) is 50.6 Å². The molecule has 0 radical (unpaired) electrons. The fourth-order valence-corrected chi connectivity index (χ4v) is 2.88. The van der Waals surface area contributed by atoms with Gasteiger partial charge in [0.25, 0.3) is 0 Å². The summed E-state index contributed by atoms with van der Waals surface area (Å²) in [5.74, 6) is -3.19. The van der Waals surface area contributed by atoms with Crippen LogP contribution in [0.4, 0.5) is 0 Å². The highest BCUT2D eigenvalue weighted by Crippen LogP contribution is 2.09. The fourth-order valence-electron chi connectivity index (χ4n) is 2.63. The molecule has 0 saturated carbocycles. The van der Waals surface area contributed by atoms with Crippen molar-refractivity contribution in [3.8, 4) is 0 Å². The average molecular weight is 439 g/mol. The first-order valence-corrected chi connectivity index (χ1v) is 10.3. The van der Waals surface area contributed by atoms with Crippen LogP contribution < -0.4 is 21.7 Å². The van der Waals surface area contributed by atoms with Crippen molar-refractivity contribution in [3.05, 3.63) is 35.9 Å². The van der Waals surface area contributed by atoms with Gasteiger partial charge in [0.05, 0.1) is 12.6 Å². The molecule has 3 amide bonds. The van der Waals surface area contributed by atoms with Crippen molar-refractivity contribution in [2.24, 2.45) is 11.7 Å². The largest absolute Gasteiger partial charge is 0.480 e. The summed E-state index contributed by atoms with van der Waals surface area (Å²) >= 11 is 3.86. The number of nitrogens with one attached hydrogen (secondary N) is 3. The van der Waals surface area contributed by atoms with E-state index in [9.17, 15) is 19.2 Å². The molecular weight excluding hydrogens is 408 g/mol. The predicted molar refractivity (Wildman–Crippen MR) is 116 cm³/mol. The zero-order chi connectivity index (χ0) is 22.7. The van der Waals surface area contributed by atoms with Crippen LogP contribution in [0.3, 0.4) is 0 Å². The Balaban J connectivity index is 2.67. The summed E-state index contributed by atoms with van der Waals surface area (Å²) in [6.07, 6.45) is 0.934.